The van der Waals surface area contributed by atoms with Gasteiger partial charge in [0, 0.05) is 5.56 Å². The van der Waals surface area contributed by atoms with Crippen LogP contribution in [-0.4, -0.2) is 10.1 Å². The van der Waals surface area contributed by atoms with E-state index in [1.54, 1.807) is 30.3 Å². The third-order valence-corrected chi connectivity index (χ3v) is 2.99. The van der Waals surface area contributed by atoms with Crippen molar-refractivity contribution in [3.63, 3.8) is 0 Å². The molecule has 0 saturated heterocycles. The van der Waals surface area contributed by atoms with Crippen molar-refractivity contribution in [2.75, 3.05) is 0 Å². The van der Waals surface area contributed by atoms with Crippen LogP contribution < -0.4 is 59.1 Å². The molecular formula is C11H8Cl3NNa2O. The molecule has 0 aliphatic carbocycles. The van der Waals surface area contributed by atoms with Crippen LogP contribution in [0.3, 0.4) is 0 Å². The summed E-state index contributed by atoms with van der Waals surface area (Å²) in [5, 5.41) is 10.1. The molecule has 0 radical (unpaired) electrons. The Kier molecular flexibility index (Phi) is 8.84. The Labute approximate surface area is 167 Å². The fourth-order valence-electron chi connectivity index (χ4n) is 1.27. The topological polar surface area (TPSA) is 33.1 Å². The van der Waals surface area contributed by atoms with Gasteiger partial charge in [-0.05, 0) is 30.3 Å². The van der Waals surface area contributed by atoms with Crippen LogP contribution in [0.5, 0.6) is 5.75 Å². The SMILES string of the molecule is Oc1ccc(-c2nc(Cl)c(Cl)cc2Cl)cc1.[H-].[H-].[Na+].[Na+]. The van der Waals surface area contributed by atoms with Crippen molar-refractivity contribution < 1.29 is 67.1 Å². The number of nitrogens with zero attached hydrogens (tertiary/aromatic N) is 1. The van der Waals surface area contributed by atoms with Crippen LogP contribution in [-0.2, 0) is 0 Å². The predicted molar refractivity (Wildman–Crippen MR) is 68.6 cm³/mol. The van der Waals surface area contributed by atoms with E-state index in [9.17, 15) is 5.11 Å². The maximum absolute atomic E-state index is 9.17. The van der Waals surface area contributed by atoms with E-state index in [0.717, 1.165) is 5.56 Å². The van der Waals surface area contributed by atoms with Gasteiger partial charge in [0.15, 0.2) is 0 Å². The van der Waals surface area contributed by atoms with Gasteiger partial charge in [-0.15, -0.1) is 0 Å². The summed E-state index contributed by atoms with van der Waals surface area (Å²) in [4.78, 5) is 4.09. The molecule has 18 heavy (non-hydrogen) atoms. The van der Waals surface area contributed by atoms with Crippen LogP contribution in [0, 0.1) is 0 Å². The van der Waals surface area contributed by atoms with Gasteiger partial charge >= 0.3 is 59.1 Å². The van der Waals surface area contributed by atoms with E-state index in [2.05, 4.69) is 4.98 Å². The fraction of sp³-hybridized carbons (Fsp3) is 0. The average Bonchev–Trinajstić information content (AvgIpc) is 2.25. The third-order valence-electron chi connectivity index (χ3n) is 2.03. The molecule has 2 rings (SSSR count). The number of phenols is 1. The Balaban J connectivity index is -0.000000722. The number of aromatic hydroxyl groups is 1. The van der Waals surface area contributed by atoms with Gasteiger partial charge in [-0.3, -0.25) is 0 Å². The molecule has 2 nitrogen and oxygen atoms in total. The quantitative estimate of drug-likeness (QED) is 0.520. The number of benzene rings is 1. The molecule has 1 N–H and O–H groups in total. The van der Waals surface area contributed by atoms with Crippen LogP contribution in [0.1, 0.15) is 2.85 Å². The van der Waals surface area contributed by atoms with E-state index in [1.807, 2.05) is 0 Å². The van der Waals surface area contributed by atoms with Gasteiger partial charge in [0.1, 0.15) is 10.9 Å². The first-order chi connectivity index (χ1) is 7.58. The van der Waals surface area contributed by atoms with E-state index in [-0.39, 0.29) is 72.9 Å². The monoisotopic (exact) mass is 321 g/mol. The van der Waals surface area contributed by atoms with E-state index in [0.29, 0.717) is 15.7 Å². The van der Waals surface area contributed by atoms with Gasteiger partial charge in [-0.1, -0.05) is 34.8 Å². The predicted octanol–water partition coefficient (Wildman–Crippen LogP) is -1.35. The number of hydrogen-bond acceptors (Lipinski definition) is 2. The van der Waals surface area contributed by atoms with E-state index in [4.69, 9.17) is 34.8 Å². The number of phenolic OH excluding ortho intramolecular Hbond substituents is 1. The summed E-state index contributed by atoms with van der Waals surface area (Å²) in [6.07, 6.45) is 0. The Morgan fingerprint density at radius 1 is 0.944 bits per heavy atom. The minimum atomic E-state index is 0. The zero-order valence-corrected chi connectivity index (χ0v) is 16.2. The molecule has 7 heteroatoms. The molecule has 0 amide bonds. The van der Waals surface area contributed by atoms with E-state index < -0.39 is 0 Å². The van der Waals surface area contributed by atoms with Gasteiger partial charge in [-0.25, -0.2) is 4.98 Å². The van der Waals surface area contributed by atoms with Crippen molar-refractivity contribution in [2.24, 2.45) is 0 Å². The summed E-state index contributed by atoms with van der Waals surface area (Å²) < 4.78 is 0. The van der Waals surface area contributed by atoms with Gasteiger partial charge in [0.2, 0.25) is 0 Å². The maximum Gasteiger partial charge on any atom is 1.00 e. The Bertz CT molecular complexity index is 544. The molecule has 0 fully saturated rings. The van der Waals surface area contributed by atoms with Crippen LogP contribution in [0.25, 0.3) is 11.3 Å². The minimum Gasteiger partial charge on any atom is -1.00 e. The molecule has 0 spiro atoms. The minimum absolute atomic E-state index is 0. The van der Waals surface area contributed by atoms with Crippen LogP contribution in [0.15, 0.2) is 30.3 Å². The second-order valence-electron chi connectivity index (χ2n) is 3.14. The first-order valence-electron chi connectivity index (χ1n) is 4.39. The smallest absolute Gasteiger partial charge is 1.00 e. The summed E-state index contributed by atoms with van der Waals surface area (Å²) >= 11 is 17.6. The first kappa shape index (κ1) is 19.0. The zero-order valence-electron chi connectivity index (χ0n) is 11.9. The second kappa shape index (κ2) is 8.35. The summed E-state index contributed by atoms with van der Waals surface area (Å²) in [6, 6.07) is 8.05. The molecule has 1 aromatic carbocycles. The standard InChI is InChI=1S/C11H6Cl3NO.2Na.2H/c12-8-5-9(13)11(14)15-10(8)6-1-3-7(16)4-2-6;;;;/h1-5,16H;;;;/q;2*+1;2*-1. The van der Waals surface area contributed by atoms with Crippen molar-refractivity contribution in [3.8, 4) is 17.0 Å². The molecule has 0 bridgehead atoms. The van der Waals surface area contributed by atoms with Gasteiger partial charge in [-0.2, -0.15) is 0 Å². The largest absolute Gasteiger partial charge is 1.00 e. The average molecular weight is 323 g/mol. The van der Waals surface area contributed by atoms with Crippen molar-refractivity contribution >= 4 is 34.8 Å². The molecule has 0 aliphatic rings. The molecule has 1 aromatic heterocycles. The molecule has 0 saturated carbocycles. The van der Waals surface area contributed by atoms with Gasteiger partial charge < -0.3 is 7.96 Å². The van der Waals surface area contributed by atoms with Crippen LogP contribution in [0.2, 0.25) is 15.2 Å². The Morgan fingerprint density at radius 2 is 1.50 bits per heavy atom. The van der Waals surface area contributed by atoms with Gasteiger partial charge in [0.05, 0.1) is 15.7 Å². The second-order valence-corrected chi connectivity index (χ2v) is 4.31. The summed E-state index contributed by atoms with van der Waals surface area (Å²) in [5.74, 6) is 0.180. The van der Waals surface area contributed by atoms with Gasteiger partial charge in [0.25, 0.3) is 0 Å². The number of halogens is 3. The third kappa shape index (κ3) is 4.55. The molecule has 0 aliphatic heterocycles. The van der Waals surface area contributed by atoms with Crippen molar-refractivity contribution in [3.05, 3.63) is 45.5 Å². The Morgan fingerprint density at radius 3 is 2.06 bits per heavy atom. The zero-order chi connectivity index (χ0) is 11.7. The molecular weight excluding hydrogens is 314 g/mol. The summed E-state index contributed by atoms with van der Waals surface area (Å²) in [5.41, 5.74) is 1.30. The molecule has 0 unspecified atom stereocenters. The van der Waals surface area contributed by atoms with Crippen molar-refractivity contribution in [1.29, 1.82) is 0 Å². The van der Waals surface area contributed by atoms with Crippen molar-refractivity contribution in [1.82, 2.24) is 4.98 Å². The number of hydrogen-bond donors (Lipinski definition) is 1. The van der Waals surface area contributed by atoms with Crippen molar-refractivity contribution in [2.45, 2.75) is 0 Å². The van der Waals surface area contributed by atoms with Crippen LogP contribution >= 0.6 is 34.8 Å². The van der Waals surface area contributed by atoms with E-state index in [1.165, 1.54) is 0 Å². The number of aromatic nitrogens is 1. The first-order valence-corrected chi connectivity index (χ1v) is 5.52. The summed E-state index contributed by atoms with van der Waals surface area (Å²) in [7, 11) is 0. The fourth-order valence-corrected chi connectivity index (χ4v) is 1.87. The normalized spacial score (nSPS) is 9.28. The Hall–Kier alpha value is 1.04. The summed E-state index contributed by atoms with van der Waals surface area (Å²) in [6.45, 7) is 0. The molecule has 0 atom stereocenters. The molecule has 1 heterocycles. The van der Waals surface area contributed by atoms with E-state index >= 15 is 0 Å². The number of rotatable bonds is 1. The number of pyridine rings is 1. The maximum atomic E-state index is 9.17. The molecule has 2 aromatic rings. The molecule has 86 valence electrons. The van der Waals surface area contributed by atoms with Crippen LogP contribution in [0.4, 0.5) is 0 Å².